The summed E-state index contributed by atoms with van der Waals surface area (Å²) < 4.78 is 33.4. The first-order chi connectivity index (χ1) is 14.1. The van der Waals surface area contributed by atoms with Crippen molar-refractivity contribution in [2.24, 2.45) is 0 Å². The summed E-state index contributed by atoms with van der Waals surface area (Å²) in [4.78, 5) is 5.06. The SMILES string of the molecule is CN1CCCN(CCOc2cccc3c2ccn3S(=O)(=O)c2ccccc2)CC1. The van der Waals surface area contributed by atoms with Gasteiger partial charge >= 0.3 is 0 Å². The third-order valence-corrected chi connectivity index (χ3v) is 7.14. The molecule has 2 heterocycles. The molecule has 29 heavy (non-hydrogen) atoms. The van der Waals surface area contributed by atoms with Gasteiger partial charge in [0.05, 0.1) is 10.4 Å². The molecular formula is C22H27N3O3S. The Bertz CT molecular complexity index is 1060. The van der Waals surface area contributed by atoms with Crippen molar-refractivity contribution >= 4 is 20.9 Å². The van der Waals surface area contributed by atoms with Crippen LogP contribution in [-0.4, -0.2) is 68.6 Å². The van der Waals surface area contributed by atoms with E-state index in [1.165, 1.54) is 10.4 Å². The number of hydrogen-bond donors (Lipinski definition) is 0. The number of hydrogen-bond acceptors (Lipinski definition) is 5. The average Bonchev–Trinajstić information content (AvgIpc) is 3.08. The van der Waals surface area contributed by atoms with E-state index < -0.39 is 10.0 Å². The molecule has 154 valence electrons. The molecule has 0 saturated carbocycles. The molecule has 1 aromatic heterocycles. The number of nitrogens with zero attached hydrogens (tertiary/aromatic N) is 3. The molecule has 2 aromatic carbocycles. The summed E-state index contributed by atoms with van der Waals surface area (Å²) >= 11 is 0. The quantitative estimate of drug-likeness (QED) is 0.622. The molecule has 1 saturated heterocycles. The van der Waals surface area contributed by atoms with Crippen molar-refractivity contribution in [3.8, 4) is 5.75 Å². The zero-order chi connectivity index (χ0) is 20.3. The lowest BCUT2D eigenvalue weighted by Gasteiger charge is -2.20. The monoisotopic (exact) mass is 413 g/mol. The Kier molecular flexibility index (Phi) is 5.89. The maximum absolute atomic E-state index is 13.0. The predicted molar refractivity (Wildman–Crippen MR) is 115 cm³/mol. The topological polar surface area (TPSA) is 54.8 Å². The smallest absolute Gasteiger partial charge is 0.268 e. The zero-order valence-corrected chi connectivity index (χ0v) is 17.5. The largest absolute Gasteiger partial charge is 0.492 e. The Morgan fingerprint density at radius 1 is 0.931 bits per heavy atom. The fourth-order valence-electron chi connectivity index (χ4n) is 3.76. The molecule has 6 nitrogen and oxygen atoms in total. The first kappa shape index (κ1) is 19.9. The van der Waals surface area contributed by atoms with Gasteiger partial charge in [-0.1, -0.05) is 24.3 Å². The van der Waals surface area contributed by atoms with Gasteiger partial charge in [0, 0.05) is 31.2 Å². The lowest BCUT2D eigenvalue weighted by Crippen LogP contribution is -2.32. The van der Waals surface area contributed by atoms with Crippen molar-refractivity contribution in [1.29, 1.82) is 0 Å². The highest BCUT2D eigenvalue weighted by Crippen LogP contribution is 2.29. The Morgan fingerprint density at radius 2 is 1.76 bits per heavy atom. The lowest BCUT2D eigenvalue weighted by atomic mass is 10.2. The fraction of sp³-hybridized carbons (Fsp3) is 0.364. The van der Waals surface area contributed by atoms with E-state index in [4.69, 9.17) is 4.74 Å². The highest BCUT2D eigenvalue weighted by atomic mass is 32.2. The van der Waals surface area contributed by atoms with E-state index in [9.17, 15) is 8.42 Å². The molecule has 0 spiro atoms. The minimum absolute atomic E-state index is 0.273. The van der Waals surface area contributed by atoms with Crippen LogP contribution in [0.4, 0.5) is 0 Å². The van der Waals surface area contributed by atoms with Gasteiger partial charge in [0.1, 0.15) is 12.4 Å². The molecule has 0 atom stereocenters. The predicted octanol–water partition coefficient (Wildman–Crippen LogP) is 2.89. The van der Waals surface area contributed by atoms with E-state index in [-0.39, 0.29) is 4.90 Å². The number of rotatable bonds is 6. The van der Waals surface area contributed by atoms with E-state index in [2.05, 4.69) is 16.8 Å². The number of benzene rings is 2. The normalized spacial score (nSPS) is 16.7. The maximum Gasteiger partial charge on any atom is 0.268 e. The van der Waals surface area contributed by atoms with Crippen molar-refractivity contribution in [3.63, 3.8) is 0 Å². The van der Waals surface area contributed by atoms with Crippen LogP contribution in [0.25, 0.3) is 10.9 Å². The minimum atomic E-state index is -3.64. The van der Waals surface area contributed by atoms with Crippen LogP contribution >= 0.6 is 0 Å². The van der Waals surface area contributed by atoms with Crippen LogP contribution in [0.5, 0.6) is 5.75 Å². The maximum atomic E-state index is 13.0. The molecule has 1 fully saturated rings. The van der Waals surface area contributed by atoms with Gasteiger partial charge in [-0.2, -0.15) is 0 Å². The fourth-order valence-corrected chi connectivity index (χ4v) is 5.13. The second kappa shape index (κ2) is 8.57. The van der Waals surface area contributed by atoms with Crippen molar-refractivity contribution in [1.82, 2.24) is 13.8 Å². The molecule has 0 N–H and O–H groups in total. The molecule has 3 aromatic rings. The summed E-state index contributed by atoms with van der Waals surface area (Å²) in [6.45, 7) is 5.81. The van der Waals surface area contributed by atoms with Gasteiger partial charge in [0.15, 0.2) is 0 Å². The van der Waals surface area contributed by atoms with Gasteiger partial charge < -0.3 is 9.64 Å². The molecular weight excluding hydrogens is 386 g/mol. The van der Waals surface area contributed by atoms with E-state index in [1.54, 1.807) is 36.5 Å². The summed E-state index contributed by atoms with van der Waals surface area (Å²) in [6.07, 6.45) is 2.77. The van der Waals surface area contributed by atoms with Crippen LogP contribution in [0, 0.1) is 0 Å². The summed E-state index contributed by atoms with van der Waals surface area (Å²) in [5.41, 5.74) is 0.628. The zero-order valence-electron chi connectivity index (χ0n) is 16.7. The Morgan fingerprint density at radius 3 is 2.59 bits per heavy atom. The Hall–Kier alpha value is -2.35. The van der Waals surface area contributed by atoms with Crippen LogP contribution in [0.15, 0.2) is 65.7 Å². The molecule has 0 unspecified atom stereocenters. The summed E-state index contributed by atoms with van der Waals surface area (Å²) in [6, 6.07) is 15.9. The third kappa shape index (κ3) is 4.32. The molecule has 1 aliphatic heterocycles. The Balaban J connectivity index is 1.51. The number of aromatic nitrogens is 1. The van der Waals surface area contributed by atoms with Gasteiger partial charge in [-0.05, 0) is 56.9 Å². The molecule has 0 bridgehead atoms. The van der Waals surface area contributed by atoms with Crippen LogP contribution < -0.4 is 4.74 Å². The molecule has 1 aliphatic rings. The van der Waals surface area contributed by atoms with Crippen molar-refractivity contribution in [2.45, 2.75) is 11.3 Å². The van der Waals surface area contributed by atoms with Gasteiger partial charge in [-0.25, -0.2) is 12.4 Å². The molecule has 4 rings (SSSR count). The average molecular weight is 414 g/mol. The highest BCUT2D eigenvalue weighted by Gasteiger charge is 2.19. The van der Waals surface area contributed by atoms with Gasteiger partial charge in [0.2, 0.25) is 0 Å². The van der Waals surface area contributed by atoms with Crippen molar-refractivity contribution in [3.05, 3.63) is 60.8 Å². The summed E-state index contributed by atoms with van der Waals surface area (Å²) in [7, 11) is -1.48. The minimum Gasteiger partial charge on any atom is -0.492 e. The van der Waals surface area contributed by atoms with E-state index in [0.29, 0.717) is 12.1 Å². The number of ether oxygens (including phenoxy) is 1. The van der Waals surface area contributed by atoms with E-state index in [1.807, 2.05) is 24.3 Å². The van der Waals surface area contributed by atoms with Crippen molar-refractivity contribution in [2.75, 3.05) is 46.4 Å². The van der Waals surface area contributed by atoms with Crippen LogP contribution in [0.3, 0.4) is 0 Å². The molecule has 0 radical (unpaired) electrons. The molecule has 0 amide bonds. The van der Waals surface area contributed by atoms with Crippen molar-refractivity contribution < 1.29 is 13.2 Å². The summed E-state index contributed by atoms with van der Waals surface area (Å²) in [5, 5.41) is 0.808. The van der Waals surface area contributed by atoms with E-state index in [0.717, 1.165) is 43.9 Å². The number of likely N-dealkylation sites (N-methyl/N-ethyl adjacent to an activating group) is 1. The first-order valence-electron chi connectivity index (χ1n) is 10.00. The lowest BCUT2D eigenvalue weighted by molar-refractivity contribution is 0.214. The van der Waals surface area contributed by atoms with Crippen LogP contribution in [-0.2, 0) is 10.0 Å². The second-order valence-electron chi connectivity index (χ2n) is 7.47. The molecule has 7 heteroatoms. The van der Waals surface area contributed by atoms with E-state index >= 15 is 0 Å². The highest BCUT2D eigenvalue weighted by molar-refractivity contribution is 7.90. The Labute approximate surface area is 172 Å². The second-order valence-corrected chi connectivity index (χ2v) is 9.28. The third-order valence-electron chi connectivity index (χ3n) is 5.43. The summed E-state index contributed by atoms with van der Waals surface area (Å²) in [5.74, 6) is 0.719. The molecule has 0 aliphatic carbocycles. The number of fused-ring (bicyclic) bond motifs is 1. The van der Waals surface area contributed by atoms with Gasteiger partial charge in [-0.3, -0.25) is 4.90 Å². The van der Waals surface area contributed by atoms with Crippen LogP contribution in [0.2, 0.25) is 0 Å². The van der Waals surface area contributed by atoms with Crippen LogP contribution in [0.1, 0.15) is 6.42 Å². The first-order valence-corrected chi connectivity index (χ1v) is 11.4. The standard InChI is InChI=1S/C22H27N3O3S/c1-23-12-6-13-24(16-15-23)17-18-28-22-10-5-9-21-20(22)11-14-25(21)29(26,27)19-7-3-2-4-8-19/h2-5,7-11,14H,6,12-13,15-18H2,1H3. The van der Waals surface area contributed by atoms with Gasteiger partial charge in [-0.15, -0.1) is 0 Å². The van der Waals surface area contributed by atoms with Gasteiger partial charge in [0.25, 0.3) is 10.0 Å².